The number of benzene rings is 2. The molecule has 9 nitrogen and oxygen atoms in total. The molecule has 0 aliphatic carbocycles. The van der Waals surface area contributed by atoms with Crippen molar-refractivity contribution in [3.05, 3.63) is 76.9 Å². The summed E-state index contributed by atoms with van der Waals surface area (Å²) in [5, 5.41) is 26.4. The highest BCUT2D eigenvalue weighted by molar-refractivity contribution is 5.92. The van der Waals surface area contributed by atoms with Crippen LogP contribution < -0.4 is 5.73 Å². The number of aromatic nitrogens is 2. The number of primary amides is 1. The molecule has 0 bridgehead atoms. The van der Waals surface area contributed by atoms with E-state index < -0.39 is 23.6 Å². The van der Waals surface area contributed by atoms with Gasteiger partial charge in [-0.3, -0.25) is 4.79 Å². The maximum atomic E-state index is 12.6. The standard InChI is InChI=1S/C27H33N7O2/c1-5-6-11-21-29-22(24(35)27(2,3)4)23(25(28)36)34(21)16-17-12-14-18(15-13-17)19-9-7-8-10-20(19)26-30-32-33-31-26/h7-10,12-15,24,26,35H,5-6,11,16H2,1-4H3,(H2,28,36). The van der Waals surface area contributed by atoms with Crippen LogP contribution in [-0.4, -0.2) is 20.6 Å². The maximum absolute atomic E-state index is 12.6. The van der Waals surface area contributed by atoms with Gasteiger partial charge >= 0.3 is 0 Å². The van der Waals surface area contributed by atoms with Crippen LogP contribution in [0.3, 0.4) is 0 Å². The van der Waals surface area contributed by atoms with Crippen LogP contribution in [0.25, 0.3) is 11.1 Å². The van der Waals surface area contributed by atoms with Gasteiger partial charge < -0.3 is 15.4 Å². The molecule has 0 saturated heterocycles. The van der Waals surface area contributed by atoms with E-state index in [2.05, 4.69) is 27.6 Å². The first-order valence-electron chi connectivity index (χ1n) is 12.3. The van der Waals surface area contributed by atoms with Crippen LogP contribution in [0, 0.1) is 5.41 Å². The largest absolute Gasteiger partial charge is 0.386 e. The highest BCUT2D eigenvalue weighted by Gasteiger charge is 2.32. The third-order valence-electron chi connectivity index (χ3n) is 6.35. The summed E-state index contributed by atoms with van der Waals surface area (Å²) in [7, 11) is 0. The van der Waals surface area contributed by atoms with Gasteiger partial charge in [-0.05, 0) is 39.0 Å². The zero-order chi connectivity index (χ0) is 25.9. The monoisotopic (exact) mass is 487 g/mol. The molecule has 1 aliphatic heterocycles. The number of aryl methyl sites for hydroxylation is 1. The number of unbranched alkanes of at least 4 members (excludes halogenated alkanes) is 1. The van der Waals surface area contributed by atoms with Crippen molar-refractivity contribution in [3.63, 3.8) is 0 Å². The molecule has 3 aromatic rings. The number of hydrogen-bond acceptors (Lipinski definition) is 7. The summed E-state index contributed by atoms with van der Waals surface area (Å²) in [6, 6.07) is 16.0. The van der Waals surface area contributed by atoms with Gasteiger partial charge in [0.15, 0.2) is 0 Å². The second-order valence-electron chi connectivity index (χ2n) is 10.2. The van der Waals surface area contributed by atoms with E-state index in [0.29, 0.717) is 18.7 Å². The summed E-state index contributed by atoms with van der Waals surface area (Å²) < 4.78 is 1.87. The lowest BCUT2D eigenvalue weighted by atomic mass is 9.86. The van der Waals surface area contributed by atoms with Crippen LogP contribution in [-0.2, 0) is 13.0 Å². The maximum Gasteiger partial charge on any atom is 0.267 e. The predicted octanol–water partition coefficient (Wildman–Crippen LogP) is 5.95. The molecule has 4 rings (SSSR count). The minimum absolute atomic E-state index is 0.273. The first kappa shape index (κ1) is 25.4. The Bertz CT molecular complexity index is 1270. The van der Waals surface area contributed by atoms with Crippen LogP contribution in [0.5, 0.6) is 0 Å². The van der Waals surface area contributed by atoms with Crippen LogP contribution >= 0.6 is 0 Å². The van der Waals surface area contributed by atoms with Crippen molar-refractivity contribution < 1.29 is 9.90 Å². The quantitative estimate of drug-likeness (QED) is 0.386. The van der Waals surface area contributed by atoms with Gasteiger partial charge in [-0.1, -0.05) is 82.6 Å². The van der Waals surface area contributed by atoms with E-state index in [1.807, 2.05) is 73.9 Å². The third-order valence-corrected chi connectivity index (χ3v) is 6.35. The van der Waals surface area contributed by atoms with Crippen molar-refractivity contribution in [2.75, 3.05) is 0 Å². The van der Waals surface area contributed by atoms with Gasteiger partial charge in [-0.2, -0.15) is 0 Å². The van der Waals surface area contributed by atoms with Gasteiger partial charge in [0.2, 0.25) is 6.17 Å². The minimum Gasteiger partial charge on any atom is -0.386 e. The Kier molecular flexibility index (Phi) is 7.40. The first-order chi connectivity index (χ1) is 17.2. The predicted molar refractivity (Wildman–Crippen MR) is 137 cm³/mol. The second-order valence-corrected chi connectivity index (χ2v) is 10.2. The average molecular weight is 488 g/mol. The normalized spacial score (nSPS) is 14.5. The van der Waals surface area contributed by atoms with E-state index in [-0.39, 0.29) is 5.69 Å². The minimum atomic E-state index is -0.912. The van der Waals surface area contributed by atoms with Crippen LogP contribution in [0.15, 0.2) is 69.2 Å². The van der Waals surface area contributed by atoms with E-state index >= 15 is 0 Å². The number of amides is 1. The fraction of sp³-hybridized carbons (Fsp3) is 0.407. The number of carbonyl (C=O) groups excluding carboxylic acids is 1. The lowest BCUT2D eigenvalue weighted by Crippen LogP contribution is -2.25. The van der Waals surface area contributed by atoms with Crippen LogP contribution in [0.1, 0.15) is 85.9 Å². The lowest BCUT2D eigenvalue weighted by Gasteiger charge is -2.25. The molecule has 0 spiro atoms. The molecule has 0 fully saturated rings. The molecule has 1 atom stereocenters. The number of hydrogen-bond donors (Lipinski definition) is 2. The Morgan fingerprint density at radius 3 is 2.36 bits per heavy atom. The molecular weight excluding hydrogens is 454 g/mol. The smallest absolute Gasteiger partial charge is 0.267 e. The molecule has 1 unspecified atom stereocenters. The number of aliphatic hydroxyl groups excluding tert-OH is 1. The van der Waals surface area contributed by atoms with E-state index in [1.165, 1.54) is 0 Å². The Morgan fingerprint density at radius 2 is 1.75 bits per heavy atom. The van der Waals surface area contributed by atoms with E-state index in [1.54, 1.807) is 0 Å². The zero-order valence-electron chi connectivity index (χ0n) is 21.2. The molecule has 9 heteroatoms. The molecule has 1 amide bonds. The second kappa shape index (κ2) is 10.5. The molecular formula is C27H33N7O2. The van der Waals surface area contributed by atoms with Gasteiger partial charge in [0, 0.05) is 18.5 Å². The number of nitrogens with zero attached hydrogens (tertiary/aromatic N) is 6. The van der Waals surface area contributed by atoms with Gasteiger partial charge in [-0.15, -0.1) is 10.2 Å². The summed E-state index contributed by atoms with van der Waals surface area (Å²) in [6.07, 6.45) is 1.27. The average Bonchev–Trinajstić information content (AvgIpc) is 3.51. The van der Waals surface area contributed by atoms with Crippen molar-refractivity contribution in [2.45, 2.75) is 65.8 Å². The fourth-order valence-electron chi connectivity index (χ4n) is 4.32. The number of rotatable bonds is 9. The summed E-state index contributed by atoms with van der Waals surface area (Å²) in [4.78, 5) is 17.3. The highest BCUT2D eigenvalue weighted by Crippen LogP contribution is 2.35. The summed E-state index contributed by atoms with van der Waals surface area (Å²) in [5.41, 5.74) is 9.91. The van der Waals surface area contributed by atoms with Crippen molar-refractivity contribution in [2.24, 2.45) is 31.8 Å². The fourth-order valence-corrected chi connectivity index (χ4v) is 4.32. The van der Waals surface area contributed by atoms with E-state index in [0.717, 1.165) is 40.9 Å². The zero-order valence-corrected chi connectivity index (χ0v) is 21.2. The molecule has 1 aromatic heterocycles. The SMILES string of the molecule is CCCCc1nc(C(O)C(C)(C)C)c(C(N)=O)n1Cc1ccc(-c2ccccc2C2N=NN=N2)cc1. The molecule has 0 radical (unpaired) electrons. The first-order valence-corrected chi connectivity index (χ1v) is 12.3. The summed E-state index contributed by atoms with van der Waals surface area (Å²) >= 11 is 0. The molecule has 2 heterocycles. The molecule has 188 valence electrons. The number of carbonyl (C=O) groups is 1. The third kappa shape index (κ3) is 5.26. The lowest BCUT2D eigenvalue weighted by molar-refractivity contribution is 0.0576. The van der Waals surface area contributed by atoms with Crippen LogP contribution in [0.4, 0.5) is 0 Å². The van der Waals surface area contributed by atoms with E-state index in [9.17, 15) is 9.90 Å². The van der Waals surface area contributed by atoms with Crippen LogP contribution in [0.2, 0.25) is 0 Å². The number of nitrogens with two attached hydrogens (primary N) is 1. The Hall–Kier alpha value is -3.72. The Labute approximate surface area is 211 Å². The topological polar surface area (TPSA) is 131 Å². The highest BCUT2D eigenvalue weighted by atomic mass is 16.3. The molecule has 36 heavy (non-hydrogen) atoms. The van der Waals surface area contributed by atoms with Gasteiger partial charge in [0.05, 0.1) is 0 Å². The van der Waals surface area contributed by atoms with Crippen molar-refractivity contribution in [3.8, 4) is 11.1 Å². The summed E-state index contributed by atoms with van der Waals surface area (Å²) in [5.74, 6) is 0.171. The van der Waals surface area contributed by atoms with Crippen molar-refractivity contribution in [1.82, 2.24) is 9.55 Å². The Balaban J connectivity index is 1.69. The molecule has 0 saturated carbocycles. The molecule has 1 aliphatic rings. The van der Waals surface area contributed by atoms with Crippen molar-refractivity contribution >= 4 is 5.91 Å². The van der Waals surface area contributed by atoms with Crippen molar-refractivity contribution in [1.29, 1.82) is 0 Å². The van der Waals surface area contributed by atoms with Gasteiger partial charge in [0.1, 0.15) is 23.3 Å². The number of imidazole rings is 1. The molecule has 2 aromatic carbocycles. The summed E-state index contributed by atoms with van der Waals surface area (Å²) in [6.45, 7) is 8.28. The van der Waals surface area contributed by atoms with Gasteiger partial charge in [0.25, 0.3) is 5.91 Å². The van der Waals surface area contributed by atoms with E-state index in [4.69, 9.17) is 10.7 Å². The van der Waals surface area contributed by atoms with Gasteiger partial charge in [-0.25, -0.2) is 4.98 Å². The Morgan fingerprint density at radius 1 is 1.08 bits per heavy atom. The number of aliphatic hydroxyl groups is 1. The molecule has 3 N–H and O–H groups in total.